The van der Waals surface area contributed by atoms with Crippen molar-refractivity contribution in [3.8, 4) is 6.07 Å². The van der Waals surface area contributed by atoms with E-state index in [0.717, 1.165) is 19.6 Å². The highest BCUT2D eigenvalue weighted by molar-refractivity contribution is 5.88. The molecule has 2 saturated heterocycles. The molecule has 2 aliphatic rings. The first kappa shape index (κ1) is 20.0. The normalized spacial score (nSPS) is 20.7. The molecule has 150 valence electrons. The highest BCUT2D eigenvalue weighted by Crippen LogP contribution is 2.11. The van der Waals surface area contributed by atoms with E-state index >= 15 is 0 Å². The number of carbonyl (C=O) groups excluding carboxylic acids is 2. The summed E-state index contributed by atoms with van der Waals surface area (Å²) in [5.74, 6) is 0.516. The summed E-state index contributed by atoms with van der Waals surface area (Å²) in [6, 6.07) is 5.20. The Kier molecular flexibility index (Phi) is 6.44. The van der Waals surface area contributed by atoms with Crippen LogP contribution in [0.25, 0.3) is 0 Å². The zero-order chi connectivity index (χ0) is 20.1. The molecule has 0 aromatic carbocycles. The highest BCUT2D eigenvalue weighted by Gasteiger charge is 2.32. The van der Waals surface area contributed by atoms with Gasteiger partial charge in [0.05, 0.1) is 11.6 Å². The molecule has 3 rings (SSSR count). The maximum atomic E-state index is 12.8. The van der Waals surface area contributed by atoms with Gasteiger partial charge in [0.15, 0.2) is 0 Å². The topological polar surface area (TPSA) is 105 Å². The van der Waals surface area contributed by atoms with Gasteiger partial charge in [-0.1, -0.05) is 0 Å². The van der Waals surface area contributed by atoms with Crippen molar-refractivity contribution in [2.24, 2.45) is 0 Å². The van der Waals surface area contributed by atoms with Crippen LogP contribution in [0.5, 0.6) is 0 Å². The number of rotatable bonds is 3. The fourth-order valence-electron chi connectivity index (χ4n) is 3.48. The Balaban J connectivity index is 1.48. The summed E-state index contributed by atoms with van der Waals surface area (Å²) in [5.41, 5.74) is 0.442. The standard InChI is InChI=1S/C19H27N7O2/c1-14(2)26-6-5-21-16(13-26)18(27)24-7-9-25(10-8-24)19(28)23-17-4-3-15(11-20)12-22-17/h3-4,12,14,16,21H,5-10,13H2,1-2H3,(H,22,23,28)/t16-/m1/s1. The number of aromatic nitrogens is 1. The second-order valence-corrected chi connectivity index (χ2v) is 7.38. The molecule has 0 spiro atoms. The third-order valence-corrected chi connectivity index (χ3v) is 5.24. The van der Waals surface area contributed by atoms with Crippen molar-refractivity contribution < 1.29 is 9.59 Å². The summed E-state index contributed by atoms with van der Waals surface area (Å²) in [6.45, 7) is 8.79. The van der Waals surface area contributed by atoms with Crippen molar-refractivity contribution in [3.63, 3.8) is 0 Å². The van der Waals surface area contributed by atoms with Crippen LogP contribution in [0.15, 0.2) is 18.3 Å². The molecule has 1 atom stereocenters. The van der Waals surface area contributed by atoms with Gasteiger partial charge in [-0.2, -0.15) is 5.26 Å². The number of hydrogen-bond donors (Lipinski definition) is 2. The molecule has 9 nitrogen and oxygen atoms in total. The van der Waals surface area contributed by atoms with Gasteiger partial charge >= 0.3 is 6.03 Å². The SMILES string of the molecule is CC(C)N1CCN[C@@H](C(=O)N2CCN(C(=O)Nc3ccc(C#N)cn3)CC2)C1. The molecular weight excluding hydrogens is 358 g/mol. The Morgan fingerprint density at radius 1 is 1.21 bits per heavy atom. The van der Waals surface area contributed by atoms with Crippen LogP contribution >= 0.6 is 0 Å². The lowest BCUT2D eigenvalue weighted by atomic mass is 10.1. The van der Waals surface area contributed by atoms with Gasteiger partial charge in [-0.05, 0) is 26.0 Å². The fourth-order valence-corrected chi connectivity index (χ4v) is 3.48. The van der Waals surface area contributed by atoms with Gasteiger partial charge in [-0.25, -0.2) is 9.78 Å². The van der Waals surface area contributed by atoms with Gasteiger partial charge in [-0.3, -0.25) is 15.0 Å². The Bertz CT molecular complexity index is 736. The van der Waals surface area contributed by atoms with Crippen LogP contribution in [0.1, 0.15) is 19.4 Å². The molecule has 0 aliphatic carbocycles. The van der Waals surface area contributed by atoms with Crippen LogP contribution in [0, 0.1) is 11.3 Å². The van der Waals surface area contributed by atoms with Gasteiger partial charge in [-0.15, -0.1) is 0 Å². The lowest BCUT2D eigenvalue weighted by Gasteiger charge is -2.40. The van der Waals surface area contributed by atoms with Crippen LogP contribution in [0.3, 0.4) is 0 Å². The number of amides is 3. The van der Waals surface area contributed by atoms with E-state index in [1.54, 1.807) is 17.0 Å². The van der Waals surface area contributed by atoms with E-state index in [2.05, 4.69) is 34.4 Å². The average molecular weight is 385 g/mol. The van der Waals surface area contributed by atoms with E-state index in [9.17, 15) is 9.59 Å². The van der Waals surface area contributed by atoms with E-state index in [1.165, 1.54) is 6.20 Å². The predicted molar refractivity (Wildman–Crippen MR) is 105 cm³/mol. The van der Waals surface area contributed by atoms with Crippen molar-refractivity contribution in [2.75, 3.05) is 51.1 Å². The highest BCUT2D eigenvalue weighted by atomic mass is 16.2. The molecule has 0 radical (unpaired) electrons. The first-order valence-electron chi connectivity index (χ1n) is 9.66. The van der Waals surface area contributed by atoms with Gasteiger partial charge < -0.3 is 15.1 Å². The Labute approximate surface area is 165 Å². The number of hydrogen-bond acceptors (Lipinski definition) is 6. The Hall–Kier alpha value is -2.70. The van der Waals surface area contributed by atoms with Crippen molar-refractivity contribution in [3.05, 3.63) is 23.9 Å². The molecule has 3 heterocycles. The van der Waals surface area contributed by atoms with Crippen molar-refractivity contribution in [1.82, 2.24) is 25.0 Å². The maximum Gasteiger partial charge on any atom is 0.323 e. The van der Waals surface area contributed by atoms with Crippen LogP contribution in [-0.4, -0.2) is 89.5 Å². The number of nitrogens with one attached hydrogen (secondary N) is 2. The smallest absolute Gasteiger partial charge is 0.323 e. The van der Waals surface area contributed by atoms with Gasteiger partial charge in [0, 0.05) is 58.1 Å². The molecular formula is C19H27N7O2. The zero-order valence-corrected chi connectivity index (χ0v) is 16.4. The van der Waals surface area contributed by atoms with Crippen molar-refractivity contribution >= 4 is 17.8 Å². The third kappa shape index (κ3) is 4.77. The monoisotopic (exact) mass is 385 g/mol. The summed E-state index contributed by atoms with van der Waals surface area (Å²) < 4.78 is 0. The quantitative estimate of drug-likeness (QED) is 0.776. The molecule has 1 aromatic rings. The fraction of sp³-hybridized carbons (Fsp3) is 0.579. The molecule has 0 bridgehead atoms. The van der Waals surface area contributed by atoms with Crippen LogP contribution in [0.4, 0.5) is 10.6 Å². The molecule has 0 unspecified atom stereocenters. The molecule has 3 amide bonds. The maximum absolute atomic E-state index is 12.8. The second kappa shape index (κ2) is 8.99. The number of nitriles is 1. The molecule has 28 heavy (non-hydrogen) atoms. The van der Waals surface area contributed by atoms with E-state index in [1.807, 2.05) is 11.0 Å². The predicted octanol–water partition coefficient (Wildman–Crippen LogP) is 0.312. The van der Waals surface area contributed by atoms with Gasteiger partial charge in [0.2, 0.25) is 5.91 Å². The molecule has 2 aliphatic heterocycles. The summed E-state index contributed by atoms with van der Waals surface area (Å²) in [5, 5.41) is 14.8. The number of piperazine rings is 2. The first-order valence-corrected chi connectivity index (χ1v) is 9.66. The number of carbonyl (C=O) groups is 2. The minimum Gasteiger partial charge on any atom is -0.338 e. The zero-order valence-electron chi connectivity index (χ0n) is 16.4. The summed E-state index contributed by atoms with van der Waals surface area (Å²) in [6.07, 6.45) is 1.42. The molecule has 2 fully saturated rings. The number of urea groups is 1. The lowest BCUT2D eigenvalue weighted by molar-refractivity contribution is -0.136. The van der Waals surface area contributed by atoms with Gasteiger partial charge in [0.25, 0.3) is 0 Å². The number of pyridine rings is 1. The number of anilines is 1. The second-order valence-electron chi connectivity index (χ2n) is 7.38. The van der Waals surface area contributed by atoms with E-state index in [4.69, 9.17) is 5.26 Å². The largest absolute Gasteiger partial charge is 0.338 e. The lowest BCUT2D eigenvalue weighted by Crippen LogP contribution is -2.61. The first-order chi connectivity index (χ1) is 13.5. The molecule has 2 N–H and O–H groups in total. The number of nitrogens with zero attached hydrogens (tertiary/aromatic N) is 5. The van der Waals surface area contributed by atoms with Crippen LogP contribution in [-0.2, 0) is 4.79 Å². The summed E-state index contributed by atoms with van der Waals surface area (Å²) in [7, 11) is 0. The van der Waals surface area contributed by atoms with Crippen LogP contribution in [0.2, 0.25) is 0 Å². The van der Waals surface area contributed by atoms with E-state index in [0.29, 0.717) is 43.6 Å². The minimum absolute atomic E-state index is 0.110. The van der Waals surface area contributed by atoms with Crippen molar-refractivity contribution in [1.29, 1.82) is 5.26 Å². The van der Waals surface area contributed by atoms with Crippen LogP contribution < -0.4 is 10.6 Å². The summed E-state index contributed by atoms with van der Waals surface area (Å²) >= 11 is 0. The summed E-state index contributed by atoms with van der Waals surface area (Å²) in [4.78, 5) is 35.1. The van der Waals surface area contributed by atoms with E-state index in [-0.39, 0.29) is 18.0 Å². The average Bonchev–Trinajstić information content (AvgIpc) is 2.74. The van der Waals surface area contributed by atoms with E-state index < -0.39 is 0 Å². The van der Waals surface area contributed by atoms with Gasteiger partial charge in [0.1, 0.15) is 11.9 Å². The molecule has 9 heteroatoms. The Morgan fingerprint density at radius 3 is 2.54 bits per heavy atom. The van der Waals surface area contributed by atoms with Crippen molar-refractivity contribution in [2.45, 2.75) is 25.9 Å². The molecule has 1 aromatic heterocycles. The Morgan fingerprint density at radius 2 is 1.93 bits per heavy atom. The molecule has 0 saturated carbocycles. The third-order valence-electron chi connectivity index (χ3n) is 5.24. The minimum atomic E-state index is -0.244.